The number of nitrogens with zero attached hydrogens (tertiary/aromatic N) is 2. The Balaban J connectivity index is 1.71. The zero-order valence-electron chi connectivity index (χ0n) is 12.1. The lowest BCUT2D eigenvalue weighted by molar-refractivity contribution is -0.126. The van der Waals surface area contributed by atoms with Crippen LogP contribution in [0, 0.1) is 12.8 Å². The van der Waals surface area contributed by atoms with Crippen molar-refractivity contribution < 1.29 is 9.59 Å². The molecule has 2 aromatic rings. The Labute approximate surface area is 132 Å². The summed E-state index contributed by atoms with van der Waals surface area (Å²) in [5.41, 5.74) is 1.69. The molecule has 2 amide bonds. The maximum atomic E-state index is 12.2. The first-order valence-electron chi connectivity index (χ1n) is 7.10. The fourth-order valence-electron chi connectivity index (χ4n) is 2.35. The SMILES string of the molecule is Cc1nc(NC(=O)[C@@H]2CCC(=O)NC2)sc1-c1ccccn1. The number of aryl methyl sites for hydroxylation is 1. The number of aromatic nitrogens is 2. The van der Waals surface area contributed by atoms with Crippen molar-refractivity contribution in [2.24, 2.45) is 5.92 Å². The number of hydrogen-bond donors (Lipinski definition) is 2. The van der Waals surface area contributed by atoms with Crippen LogP contribution in [0.2, 0.25) is 0 Å². The molecule has 0 unspecified atom stereocenters. The van der Waals surface area contributed by atoms with Crippen molar-refractivity contribution in [3.63, 3.8) is 0 Å². The molecule has 6 nitrogen and oxygen atoms in total. The van der Waals surface area contributed by atoms with Gasteiger partial charge in [-0.05, 0) is 25.5 Å². The Kier molecular flexibility index (Phi) is 4.15. The molecule has 3 rings (SSSR count). The summed E-state index contributed by atoms with van der Waals surface area (Å²) in [7, 11) is 0. The molecule has 0 bridgehead atoms. The second-order valence-corrected chi connectivity index (χ2v) is 6.18. The molecule has 0 saturated carbocycles. The number of hydrogen-bond acceptors (Lipinski definition) is 5. The molecule has 0 aromatic carbocycles. The summed E-state index contributed by atoms with van der Waals surface area (Å²) < 4.78 is 0. The van der Waals surface area contributed by atoms with Gasteiger partial charge in [0, 0.05) is 19.2 Å². The monoisotopic (exact) mass is 316 g/mol. The van der Waals surface area contributed by atoms with Gasteiger partial charge in [0.1, 0.15) is 0 Å². The number of carbonyl (C=O) groups excluding carboxylic acids is 2. The van der Waals surface area contributed by atoms with Crippen molar-refractivity contribution in [1.82, 2.24) is 15.3 Å². The van der Waals surface area contributed by atoms with E-state index in [1.165, 1.54) is 11.3 Å². The highest BCUT2D eigenvalue weighted by molar-refractivity contribution is 7.19. The maximum Gasteiger partial charge on any atom is 0.231 e. The zero-order chi connectivity index (χ0) is 15.5. The lowest BCUT2D eigenvalue weighted by Crippen LogP contribution is -2.40. The van der Waals surface area contributed by atoms with Gasteiger partial charge in [0.2, 0.25) is 11.8 Å². The van der Waals surface area contributed by atoms with Gasteiger partial charge in [-0.1, -0.05) is 17.4 Å². The number of amides is 2. The van der Waals surface area contributed by atoms with Crippen LogP contribution in [0.15, 0.2) is 24.4 Å². The van der Waals surface area contributed by atoms with E-state index in [2.05, 4.69) is 20.6 Å². The molecule has 22 heavy (non-hydrogen) atoms. The highest BCUT2D eigenvalue weighted by atomic mass is 32.1. The fraction of sp³-hybridized carbons (Fsp3) is 0.333. The summed E-state index contributed by atoms with van der Waals surface area (Å²) in [4.78, 5) is 33.0. The predicted molar refractivity (Wildman–Crippen MR) is 84.4 cm³/mol. The van der Waals surface area contributed by atoms with Crippen LogP contribution >= 0.6 is 11.3 Å². The standard InChI is InChI=1S/C15H16N4O2S/c1-9-13(11-4-2-3-7-16-11)22-15(18-9)19-14(21)10-5-6-12(20)17-8-10/h2-4,7,10H,5-6,8H2,1H3,(H,17,20)(H,18,19,21)/t10-/m1/s1. The number of piperidine rings is 1. The molecule has 1 saturated heterocycles. The van der Waals surface area contributed by atoms with Crippen LogP contribution < -0.4 is 10.6 Å². The van der Waals surface area contributed by atoms with Gasteiger partial charge >= 0.3 is 0 Å². The topological polar surface area (TPSA) is 84.0 Å². The molecule has 7 heteroatoms. The number of anilines is 1. The van der Waals surface area contributed by atoms with Gasteiger partial charge in [-0.15, -0.1) is 0 Å². The molecule has 3 heterocycles. The lowest BCUT2D eigenvalue weighted by atomic mass is 9.98. The first kappa shape index (κ1) is 14.6. The molecule has 1 fully saturated rings. The van der Waals surface area contributed by atoms with E-state index < -0.39 is 0 Å². The average Bonchev–Trinajstić information content (AvgIpc) is 2.89. The zero-order valence-corrected chi connectivity index (χ0v) is 12.9. The summed E-state index contributed by atoms with van der Waals surface area (Å²) in [5, 5.41) is 6.13. The van der Waals surface area contributed by atoms with Gasteiger partial charge in [0.25, 0.3) is 0 Å². The van der Waals surface area contributed by atoms with Gasteiger partial charge in [-0.25, -0.2) is 4.98 Å². The number of thiazole rings is 1. The number of nitrogens with one attached hydrogen (secondary N) is 2. The van der Waals surface area contributed by atoms with E-state index in [1.54, 1.807) is 6.20 Å². The molecule has 0 aliphatic carbocycles. The molecule has 1 atom stereocenters. The molecule has 2 aromatic heterocycles. The Morgan fingerprint density at radius 1 is 1.45 bits per heavy atom. The molecule has 1 aliphatic rings. The van der Waals surface area contributed by atoms with Crippen molar-refractivity contribution in [2.75, 3.05) is 11.9 Å². The lowest BCUT2D eigenvalue weighted by Gasteiger charge is -2.20. The van der Waals surface area contributed by atoms with E-state index in [4.69, 9.17) is 0 Å². The van der Waals surface area contributed by atoms with Crippen molar-refractivity contribution in [3.8, 4) is 10.6 Å². The van der Waals surface area contributed by atoms with Crippen LogP contribution in [0.4, 0.5) is 5.13 Å². The van der Waals surface area contributed by atoms with Crippen LogP contribution in [-0.2, 0) is 9.59 Å². The Morgan fingerprint density at radius 3 is 3.00 bits per heavy atom. The minimum Gasteiger partial charge on any atom is -0.355 e. The third kappa shape index (κ3) is 3.14. The Morgan fingerprint density at radius 2 is 2.32 bits per heavy atom. The third-order valence-corrected chi connectivity index (χ3v) is 4.66. The minimum atomic E-state index is -0.194. The molecular weight excluding hydrogens is 300 g/mol. The Bertz CT molecular complexity index is 689. The van der Waals surface area contributed by atoms with Crippen LogP contribution in [-0.4, -0.2) is 28.3 Å². The molecule has 1 aliphatic heterocycles. The smallest absolute Gasteiger partial charge is 0.231 e. The summed E-state index contributed by atoms with van der Waals surface area (Å²) in [6, 6.07) is 5.70. The van der Waals surface area contributed by atoms with Crippen LogP contribution in [0.1, 0.15) is 18.5 Å². The van der Waals surface area contributed by atoms with E-state index in [9.17, 15) is 9.59 Å². The Hall–Kier alpha value is -2.28. The van der Waals surface area contributed by atoms with Gasteiger partial charge in [0.05, 0.1) is 22.2 Å². The van der Waals surface area contributed by atoms with Crippen LogP contribution in [0.3, 0.4) is 0 Å². The van der Waals surface area contributed by atoms with Crippen molar-refractivity contribution >= 4 is 28.3 Å². The van der Waals surface area contributed by atoms with E-state index in [0.29, 0.717) is 24.5 Å². The molecule has 114 valence electrons. The molecule has 2 N–H and O–H groups in total. The number of pyridine rings is 1. The summed E-state index contributed by atoms with van der Waals surface area (Å²) in [6.45, 7) is 2.29. The number of carbonyl (C=O) groups is 2. The molecule has 0 spiro atoms. The van der Waals surface area contributed by atoms with Crippen LogP contribution in [0.5, 0.6) is 0 Å². The average molecular weight is 316 g/mol. The summed E-state index contributed by atoms with van der Waals surface area (Å²) in [5.74, 6) is -0.284. The third-order valence-electron chi connectivity index (χ3n) is 3.56. The maximum absolute atomic E-state index is 12.2. The largest absolute Gasteiger partial charge is 0.355 e. The first-order chi connectivity index (χ1) is 10.6. The molecular formula is C15H16N4O2S. The predicted octanol–water partition coefficient (Wildman–Crippen LogP) is 1.98. The van der Waals surface area contributed by atoms with Crippen molar-refractivity contribution in [1.29, 1.82) is 0 Å². The van der Waals surface area contributed by atoms with Gasteiger partial charge in [-0.3, -0.25) is 14.6 Å². The van der Waals surface area contributed by atoms with Crippen molar-refractivity contribution in [2.45, 2.75) is 19.8 Å². The van der Waals surface area contributed by atoms with E-state index >= 15 is 0 Å². The summed E-state index contributed by atoms with van der Waals surface area (Å²) in [6.07, 6.45) is 2.71. The van der Waals surface area contributed by atoms with E-state index in [-0.39, 0.29) is 17.7 Å². The van der Waals surface area contributed by atoms with Gasteiger partial charge < -0.3 is 10.6 Å². The quantitative estimate of drug-likeness (QED) is 0.907. The second kappa shape index (κ2) is 6.23. The normalized spacial score (nSPS) is 17.9. The first-order valence-corrected chi connectivity index (χ1v) is 7.91. The van der Waals surface area contributed by atoms with Gasteiger partial charge in [0.15, 0.2) is 5.13 Å². The van der Waals surface area contributed by atoms with Crippen molar-refractivity contribution in [3.05, 3.63) is 30.1 Å². The molecule has 0 radical (unpaired) electrons. The van der Waals surface area contributed by atoms with Gasteiger partial charge in [-0.2, -0.15) is 0 Å². The van der Waals surface area contributed by atoms with Crippen LogP contribution in [0.25, 0.3) is 10.6 Å². The summed E-state index contributed by atoms with van der Waals surface area (Å²) >= 11 is 1.41. The second-order valence-electron chi connectivity index (χ2n) is 5.18. The fourth-order valence-corrected chi connectivity index (χ4v) is 3.29. The number of rotatable bonds is 3. The minimum absolute atomic E-state index is 0.00609. The highest BCUT2D eigenvalue weighted by Gasteiger charge is 2.25. The highest BCUT2D eigenvalue weighted by Crippen LogP contribution is 2.31. The van der Waals surface area contributed by atoms with E-state index in [1.807, 2.05) is 25.1 Å². The van der Waals surface area contributed by atoms with E-state index in [0.717, 1.165) is 16.3 Å².